The van der Waals surface area contributed by atoms with Crippen molar-refractivity contribution in [2.75, 3.05) is 6.54 Å². The molecule has 0 spiro atoms. The lowest BCUT2D eigenvalue weighted by Gasteiger charge is -2.09. The van der Waals surface area contributed by atoms with E-state index >= 15 is 0 Å². The van der Waals surface area contributed by atoms with Gasteiger partial charge in [0, 0.05) is 6.54 Å². The van der Waals surface area contributed by atoms with E-state index in [-0.39, 0.29) is 11.7 Å². The van der Waals surface area contributed by atoms with Crippen molar-refractivity contribution in [3.05, 3.63) is 35.1 Å². The zero-order valence-corrected chi connectivity index (χ0v) is 11.3. The second kappa shape index (κ2) is 5.38. The third-order valence-electron chi connectivity index (χ3n) is 2.91. The van der Waals surface area contributed by atoms with Gasteiger partial charge in [-0.05, 0) is 30.0 Å². The summed E-state index contributed by atoms with van der Waals surface area (Å²) in [4.78, 5) is 16.2. The first-order valence-electron chi connectivity index (χ1n) is 6.35. The molecule has 19 heavy (non-hydrogen) atoms. The molecule has 5 heteroatoms. The Hall–Kier alpha value is -1.91. The molecule has 1 aliphatic heterocycles. The molecular weight excluding hydrogens is 245 g/mol. The standard InChI is InChI=1S/C14H18FN3O/c1-8(2)7-16-14-17-12(13(19)18-14)10-4-5-11(15)9(3)6-10/h4-6,8,12H,7H2,1-3H3,(H2,16,17,18,19). The number of nitrogens with one attached hydrogen (secondary N) is 2. The highest BCUT2D eigenvalue weighted by Gasteiger charge is 2.29. The fourth-order valence-electron chi connectivity index (χ4n) is 1.87. The lowest BCUT2D eigenvalue weighted by atomic mass is 10.0. The second-order valence-corrected chi connectivity index (χ2v) is 5.16. The van der Waals surface area contributed by atoms with Gasteiger partial charge in [-0.25, -0.2) is 4.39 Å². The van der Waals surface area contributed by atoms with Crippen molar-refractivity contribution < 1.29 is 9.18 Å². The van der Waals surface area contributed by atoms with Gasteiger partial charge in [0.25, 0.3) is 5.91 Å². The first kappa shape index (κ1) is 13.5. The molecule has 1 atom stereocenters. The van der Waals surface area contributed by atoms with Crippen molar-refractivity contribution in [2.45, 2.75) is 26.8 Å². The number of aliphatic imine (C=N–C) groups is 1. The number of rotatable bonds is 3. The van der Waals surface area contributed by atoms with Crippen LogP contribution in [0.2, 0.25) is 0 Å². The predicted octanol–water partition coefficient (Wildman–Crippen LogP) is 1.91. The Bertz CT molecular complexity index is 525. The van der Waals surface area contributed by atoms with Crippen LogP contribution in [0.1, 0.15) is 31.0 Å². The fourth-order valence-corrected chi connectivity index (χ4v) is 1.87. The van der Waals surface area contributed by atoms with Crippen LogP contribution in [0.4, 0.5) is 4.39 Å². The number of benzene rings is 1. The van der Waals surface area contributed by atoms with Gasteiger partial charge < -0.3 is 5.32 Å². The Morgan fingerprint density at radius 1 is 1.42 bits per heavy atom. The summed E-state index contributed by atoms with van der Waals surface area (Å²) in [6.07, 6.45) is 0. The van der Waals surface area contributed by atoms with E-state index in [0.29, 0.717) is 24.0 Å². The lowest BCUT2D eigenvalue weighted by Crippen LogP contribution is -2.26. The molecule has 2 rings (SSSR count). The highest BCUT2D eigenvalue weighted by Crippen LogP contribution is 2.19. The Morgan fingerprint density at radius 3 is 2.79 bits per heavy atom. The van der Waals surface area contributed by atoms with Crippen LogP contribution < -0.4 is 10.6 Å². The molecule has 102 valence electrons. The Morgan fingerprint density at radius 2 is 2.16 bits per heavy atom. The van der Waals surface area contributed by atoms with Crippen LogP contribution in [0.3, 0.4) is 0 Å². The van der Waals surface area contributed by atoms with Crippen LogP contribution in [-0.2, 0) is 4.79 Å². The summed E-state index contributed by atoms with van der Waals surface area (Å²) in [5.41, 5.74) is 1.27. The highest BCUT2D eigenvalue weighted by atomic mass is 19.1. The SMILES string of the molecule is Cc1cc(C2NC(=NCC(C)C)NC2=O)ccc1F. The number of carbonyl (C=O) groups excluding carboxylic acids is 1. The summed E-state index contributed by atoms with van der Waals surface area (Å²) in [5, 5.41) is 5.72. The third-order valence-corrected chi connectivity index (χ3v) is 2.91. The largest absolute Gasteiger partial charge is 0.340 e. The number of carbonyl (C=O) groups is 1. The second-order valence-electron chi connectivity index (χ2n) is 5.16. The van der Waals surface area contributed by atoms with Crippen molar-refractivity contribution in [1.82, 2.24) is 10.6 Å². The highest BCUT2D eigenvalue weighted by molar-refractivity contribution is 6.06. The minimum atomic E-state index is -0.495. The van der Waals surface area contributed by atoms with Crippen LogP contribution in [0.25, 0.3) is 0 Å². The Kier molecular flexibility index (Phi) is 3.83. The van der Waals surface area contributed by atoms with Crippen LogP contribution >= 0.6 is 0 Å². The Balaban J connectivity index is 2.15. The summed E-state index contributed by atoms with van der Waals surface area (Å²) < 4.78 is 13.2. The maximum atomic E-state index is 13.2. The van der Waals surface area contributed by atoms with E-state index in [1.54, 1.807) is 19.1 Å². The van der Waals surface area contributed by atoms with E-state index in [1.165, 1.54) is 6.07 Å². The molecule has 2 N–H and O–H groups in total. The number of hydrogen-bond donors (Lipinski definition) is 2. The van der Waals surface area contributed by atoms with Crippen LogP contribution in [0.5, 0.6) is 0 Å². The number of halogens is 1. The molecule has 4 nitrogen and oxygen atoms in total. The average molecular weight is 263 g/mol. The molecule has 0 saturated carbocycles. The van der Waals surface area contributed by atoms with Gasteiger partial charge in [-0.3, -0.25) is 15.1 Å². The van der Waals surface area contributed by atoms with E-state index in [4.69, 9.17) is 0 Å². The van der Waals surface area contributed by atoms with Crippen molar-refractivity contribution in [1.29, 1.82) is 0 Å². The molecule has 0 radical (unpaired) electrons. The van der Waals surface area contributed by atoms with Crippen molar-refractivity contribution in [2.24, 2.45) is 10.9 Å². The van der Waals surface area contributed by atoms with E-state index in [9.17, 15) is 9.18 Å². The van der Waals surface area contributed by atoms with E-state index in [2.05, 4.69) is 29.5 Å². The predicted molar refractivity (Wildman–Crippen MR) is 72.3 cm³/mol. The summed E-state index contributed by atoms with van der Waals surface area (Å²) in [6, 6.07) is 4.18. The molecular formula is C14H18FN3O. The number of aryl methyl sites for hydroxylation is 1. The first-order valence-corrected chi connectivity index (χ1v) is 6.35. The quantitative estimate of drug-likeness (QED) is 0.875. The van der Waals surface area contributed by atoms with Crippen LogP contribution in [0.15, 0.2) is 23.2 Å². The van der Waals surface area contributed by atoms with Gasteiger partial charge in [0.2, 0.25) is 0 Å². The van der Waals surface area contributed by atoms with Crippen molar-refractivity contribution in [3.8, 4) is 0 Å². The van der Waals surface area contributed by atoms with Crippen LogP contribution in [0, 0.1) is 18.7 Å². The number of amides is 1. The van der Waals surface area contributed by atoms with Crippen molar-refractivity contribution >= 4 is 11.9 Å². The molecule has 1 aromatic carbocycles. The summed E-state index contributed by atoms with van der Waals surface area (Å²) >= 11 is 0. The minimum absolute atomic E-state index is 0.159. The van der Waals surface area contributed by atoms with Crippen LogP contribution in [-0.4, -0.2) is 18.4 Å². The third kappa shape index (κ3) is 3.10. The first-order chi connectivity index (χ1) is 8.97. The summed E-state index contributed by atoms with van der Waals surface area (Å²) in [6.45, 7) is 6.44. The Labute approximate surface area is 112 Å². The van der Waals surface area contributed by atoms with Gasteiger partial charge in [0.15, 0.2) is 5.96 Å². The smallest absolute Gasteiger partial charge is 0.253 e. The molecule has 0 bridgehead atoms. The topological polar surface area (TPSA) is 53.5 Å². The summed E-state index contributed by atoms with van der Waals surface area (Å²) in [5.74, 6) is 0.494. The molecule has 1 unspecified atom stereocenters. The van der Waals surface area contributed by atoms with Gasteiger partial charge in [0.05, 0.1) is 0 Å². The monoisotopic (exact) mass is 263 g/mol. The van der Waals surface area contributed by atoms with Gasteiger partial charge in [-0.1, -0.05) is 26.0 Å². The molecule has 1 heterocycles. The maximum Gasteiger partial charge on any atom is 0.253 e. The molecule has 0 aliphatic carbocycles. The molecule has 1 amide bonds. The van der Waals surface area contributed by atoms with Gasteiger partial charge >= 0.3 is 0 Å². The molecule has 1 aromatic rings. The number of hydrogen-bond acceptors (Lipinski definition) is 2. The summed E-state index contributed by atoms with van der Waals surface area (Å²) in [7, 11) is 0. The van der Waals surface area contributed by atoms with E-state index in [1.807, 2.05) is 0 Å². The zero-order chi connectivity index (χ0) is 14.0. The number of nitrogens with zero attached hydrogens (tertiary/aromatic N) is 1. The molecule has 0 aromatic heterocycles. The minimum Gasteiger partial charge on any atom is -0.340 e. The number of guanidine groups is 1. The molecule has 1 aliphatic rings. The van der Waals surface area contributed by atoms with Gasteiger partial charge in [-0.2, -0.15) is 0 Å². The molecule has 1 fully saturated rings. The van der Waals surface area contributed by atoms with Crippen molar-refractivity contribution in [3.63, 3.8) is 0 Å². The lowest BCUT2D eigenvalue weighted by molar-refractivity contribution is -0.120. The van der Waals surface area contributed by atoms with Gasteiger partial charge in [0.1, 0.15) is 11.9 Å². The fraction of sp³-hybridized carbons (Fsp3) is 0.429. The zero-order valence-electron chi connectivity index (χ0n) is 11.3. The van der Waals surface area contributed by atoms with Gasteiger partial charge in [-0.15, -0.1) is 0 Å². The van der Waals surface area contributed by atoms with E-state index in [0.717, 1.165) is 5.56 Å². The average Bonchev–Trinajstić information content (AvgIpc) is 2.72. The molecule has 1 saturated heterocycles. The normalized spacial score (nSPS) is 20.8. The maximum absolute atomic E-state index is 13.2. The van der Waals surface area contributed by atoms with E-state index < -0.39 is 6.04 Å².